The second-order valence-electron chi connectivity index (χ2n) is 8.25. The maximum atomic E-state index is 11.5. The molecular formula is C23H25NO4. The number of hydrogen-bond acceptors (Lipinski definition) is 4. The largest absolute Gasteiger partial charge is 0.493 e. The van der Waals surface area contributed by atoms with Gasteiger partial charge in [-0.15, -0.1) is 0 Å². The predicted octanol–water partition coefficient (Wildman–Crippen LogP) is 4.70. The van der Waals surface area contributed by atoms with E-state index in [1.54, 1.807) is 20.3 Å². The molecule has 28 heavy (non-hydrogen) atoms. The lowest BCUT2D eigenvalue weighted by Gasteiger charge is -2.44. The van der Waals surface area contributed by atoms with Crippen LogP contribution in [-0.2, 0) is 0 Å². The third-order valence-electron chi connectivity index (χ3n) is 7.10. The number of ether oxygens (including phenoxy) is 2. The molecule has 0 unspecified atom stereocenters. The summed E-state index contributed by atoms with van der Waals surface area (Å²) in [4.78, 5) is 11.5. The fraction of sp³-hybridized carbons (Fsp3) is 0.435. The molecule has 2 N–H and O–H groups in total. The summed E-state index contributed by atoms with van der Waals surface area (Å²) in [5.41, 5.74) is 3.72. The van der Waals surface area contributed by atoms with Crippen LogP contribution in [0.15, 0.2) is 36.4 Å². The van der Waals surface area contributed by atoms with Gasteiger partial charge < -0.3 is 19.9 Å². The Morgan fingerprint density at radius 1 is 1.07 bits per heavy atom. The zero-order chi connectivity index (χ0) is 19.4. The molecule has 0 saturated heterocycles. The molecule has 2 aromatic rings. The summed E-state index contributed by atoms with van der Waals surface area (Å²) in [6.45, 7) is 0. The summed E-state index contributed by atoms with van der Waals surface area (Å²) in [7, 11) is 3.36. The first kappa shape index (κ1) is 17.4. The first-order chi connectivity index (χ1) is 13.6. The quantitative estimate of drug-likeness (QED) is 0.806. The van der Waals surface area contributed by atoms with Gasteiger partial charge in [-0.2, -0.15) is 0 Å². The minimum Gasteiger partial charge on any atom is -0.493 e. The normalized spacial score (nSPS) is 29.6. The molecule has 1 heterocycles. The van der Waals surface area contributed by atoms with Crippen molar-refractivity contribution in [1.82, 2.24) is 0 Å². The van der Waals surface area contributed by atoms with Gasteiger partial charge in [0, 0.05) is 11.3 Å². The number of benzene rings is 2. The Kier molecular flexibility index (Phi) is 4.00. The fourth-order valence-corrected chi connectivity index (χ4v) is 6.09. The molecule has 0 spiro atoms. The number of para-hydroxylation sites is 1. The first-order valence-corrected chi connectivity index (χ1v) is 9.97. The highest BCUT2D eigenvalue weighted by Gasteiger charge is 2.54. The van der Waals surface area contributed by atoms with Crippen molar-refractivity contribution in [3.8, 4) is 11.5 Å². The average Bonchev–Trinajstić information content (AvgIpc) is 3.34. The van der Waals surface area contributed by atoms with Crippen LogP contribution >= 0.6 is 0 Å². The van der Waals surface area contributed by atoms with Gasteiger partial charge in [-0.3, -0.25) is 0 Å². The molecule has 2 saturated carbocycles. The van der Waals surface area contributed by atoms with Crippen molar-refractivity contribution >= 4 is 11.7 Å². The maximum absolute atomic E-state index is 11.5. The Morgan fingerprint density at radius 3 is 2.64 bits per heavy atom. The number of aromatic carboxylic acids is 1. The molecule has 3 aliphatic rings. The lowest BCUT2D eigenvalue weighted by atomic mass is 9.67. The van der Waals surface area contributed by atoms with Gasteiger partial charge in [-0.25, -0.2) is 4.79 Å². The monoisotopic (exact) mass is 379 g/mol. The molecule has 0 aromatic heterocycles. The lowest BCUT2D eigenvalue weighted by molar-refractivity contribution is 0.0696. The molecule has 5 nitrogen and oxygen atoms in total. The Labute approximate surface area is 164 Å². The maximum Gasteiger partial charge on any atom is 0.335 e. The highest BCUT2D eigenvalue weighted by atomic mass is 16.5. The molecule has 2 aromatic carbocycles. The molecule has 2 bridgehead atoms. The van der Waals surface area contributed by atoms with Gasteiger partial charge >= 0.3 is 5.97 Å². The first-order valence-electron chi connectivity index (χ1n) is 9.97. The predicted molar refractivity (Wildman–Crippen MR) is 106 cm³/mol. The van der Waals surface area contributed by atoms with Gasteiger partial charge in [-0.05, 0) is 72.8 Å². The van der Waals surface area contributed by atoms with Crippen LogP contribution in [0.1, 0.15) is 52.7 Å². The molecule has 2 fully saturated rings. The van der Waals surface area contributed by atoms with E-state index in [4.69, 9.17) is 9.47 Å². The summed E-state index contributed by atoms with van der Waals surface area (Å²) in [5.74, 6) is 2.80. The molecule has 0 radical (unpaired) electrons. The fourth-order valence-electron chi connectivity index (χ4n) is 6.09. The van der Waals surface area contributed by atoms with Crippen LogP contribution in [0, 0.1) is 17.8 Å². The zero-order valence-electron chi connectivity index (χ0n) is 16.1. The van der Waals surface area contributed by atoms with Crippen LogP contribution in [0.5, 0.6) is 11.5 Å². The van der Waals surface area contributed by atoms with Crippen molar-refractivity contribution in [3.63, 3.8) is 0 Å². The SMILES string of the molecule is COc1cccc([C@H]2Nc3ccc(C(=O)O)cc3[C@@H]3[C@H]4CC[C@H](C4)[C@H]32)c1OC. The van der Waals surface area contributed by atoms with Crippen LogP contribution in [0.25, 0.3) is 0 Å². The van der Waals surface area contributed by atoms with Gasteiger partial charge in [0.2, 0.25) is 0 Å². The number of nitrogens with one attached hydrogen (secondary N) is 1. The van der Waals surface area contributed by atoms with Crippen molar-refractivity contribution in [2.75, 3.05) is 19.5 Å². The Balaban J connectivity index is 1.65. The van der Waals surface area contributed by atoms with E-state index in [0.29, 0.717) is 29.2 Å². The van der Waals surface area contributed by atoms with Gasteiger partial charge in [0.15, 0.2) is 11.5 Å². The van der Waals surface area contributed by atoms with E-state index >= 15 is 0 Å². The molecule has 1 aliphatic heterocycles. The highest BCUT2D eigenvalue weighted by Crippen LogP contribution is 2.64. The molecule has 0 amide bonds. The van der Waals surface area contributed by atoms with Crippen molar-refractivity contribution in [2.45, 2.75) is 31.2 Å². The van der Waals surface area contributed by atoms with Crippen molar-refractivity contribution < 1.29 is 19.4 Å². The van der Waals surface area contributed by atoms with Gasteiger partial charge in [0.05, 0.1) is 25.8 Å². The topological polar surface area (TPSA) is 67.8 Å². The van der Waals surface area contributed by atoms with Crippen molar-refractivity contribution in [3.05, 3.63) is 53.1 Å². The number of anilines is 1. The molecule has 5 rings (SSSR count). The number of hydrogen-bond donors (Lipinski definition) is 2. The standard InChI is InChI=1S/C23H25NO4/c1-27-18-5-3-4-15(22(18)28-2)21-20-13-7-6-12(10-13)19(20)16-11-14(23(25)26)8-9-17(16)24-21/h3-5,8-9,11-13,19-21,24H,6-7,10H2,1-2H3,(H,25,26)/t12-,13+,19-,20+,21+/m0/s1. The third-order valence-corrected chi connectivity index (χ3v) is 7.10. The van der Waals surface area contributed by atoms with Crippen LogP contribution in [0.2, 0.25) is 0 Å². The number of carboxylic acid groups (broad SMARTS) is 1. The van der Waals surface area contributed by atoms with Gasteiger partial charge in [0.1, 0.15) is 0 Å². The second-order valence-corrected chi connectivity index (χ2v) is 8.25. The summed E-state index contributed by atoms with van der Waals surface area (Å²) >= 11 is 0. The Hall–Kier alpha value is -2.69. The van der Waals surface area contributed by atoms with E-state index in [-0.39, 0.29) is 6.04 Å². The Morgan fingerprint density at radius 2 is 1.89 bits per heavy atom. The molecular weight excluding hydrogens is 354 g/mol. The van der Waals surface area contributed by atoms with Crippen molar-refractivity contribution in [1.29, 1.82) is 0 Å². The molecule has 5 atom stereocenters. The van der Waals surface area contributed by atoms with E-state index in [2.05, 4.69) is 11.4 Å². The van der Waals surface area contributed by atoms with E-state index in [9.17, 15) is 9.90 Å². The minimum absolute atomic E-state index is 0.133. The van der Waals surface area contributed by atoms with Gasteiger partial charge in [0.25, 0.3) is 0 Å². The van der Waals surface area contributed by atoms with Crippen molar-refractivity contribution in [2.24, 2.45) is 17.8 Å². The molecule has 5 heteroatoms. The summed E-state index contributed by atoms with van der Waals surface area (Å²) in [6, 6.07) is 11.7. The number of methoxy groups -OCH3 is 2. The summed E-state index contributed by atoms with van der Waals surface area (Å²) in [5, 5.41) is 13.2. The molecule has 146 valence electrons. The smallest absolute Gasteiger partial charge is 0.335 e. The van der Waals surface area contributed by atoms with E-state index in [0.717, 1.165) is 22.7 Å². The number of carbonyl (C=O) groups is 1. The van der Waals surface area contributed by atoms with E-state index in [1.807, 2.05) is 24.3 Å². The summed E-state index contributed by atoms with van der Waals surface area (Å²) in [6.07, 6.45) is 3.73. The van der Waals surface area contributed by atoms with Crippen LogP contribution in [0.4, 0.5) is 5.69 Å². The van der Waals surface area contributed by atoms with Crippen LogP contribution < -0.4 is 14.8 Å². The summed E-state index contributed by atoms with van der Waals surface area (Å²) < 4.78 is 11.3. The Bertz CT molecular complexity index is 940. The molecule has 2 aliphatic carbocycles. The number of fused-ring (bicyclic) bond motifs is 7. The van der Waals surface area contributed by atoms with Gasteiger partial charge in [-0.1, -0.05) is 12.1 Å². The lowest BCUT2D eigenvalue weighted by Crippen LogP contribution is -2.35. The number of rotatable bonds is 4. The van der Waals surface area contributed by atoms with E-state index < -0.39 is 5.97 Å². The van der Waals surface area contributed by atoms with E-state index in [1.165, 1.54) is 24.8 Å². The average molecular weight is 379 g/mol. The number of carboxylic acids is 1. The zero-order valence-corrected chi connectivity index (χ0v) is 16.1. The van der Waals surface area contributed by atoms with Crippen LogP contribution in [0.3, 0.4) is 0 Å². The minimum atomic E-state index is -0.862. The van der Waals surface area contributed by atoms with Crippen LogP contribution in [-0.4, -0.2) is 25.3 Å². The second kappa shape index (κ2) is 6.43. The highest BCUT2D eigenvalue weighted by molar-refractivity contribution is 5.89. The third kappa shape index (κ3) is 2.42.